The van der Waals surface area contributed by atoms with Gasteiger partial charge in [0.25, 0.3) is 0 Å². The molecule has 0 bridgehead atoms. The topological polar surface area (TPSA) is 3.24 Å². The Morgan fingerprint density at radius 2 is 1.02 bits per heavy atom. The van der Waals surface area contributed by atoms with E-state index >= 15 is 0 Å². The zero-order valence-electron chi connectivity index (χ0n) is 28.6. The van der Waals surface area contributed by atoms with Gasteiger partial charge >= 0.3 is 0 Å². The van der Waals surface area contributed by atoms with Gasteiger partial charge in [-0.1, -0.05) is 147 Å². The van der Waals surface area contributed by atoms with E-state index in [0.29, 0.717) is 0 Å². The van der Waals surface area contributed by atoms with Gasteiger partial charge in [-0.25, -0.2) is 0 Å². The molecule has 10 rings (SSSR count). The van der Waals surface area contributed by atoms with E-state index in [4.69, 9.17) is 0 Å². The van der Waals surface area contributed by atoms with Crippen LogP contribution in [0.2, 0.25) is 0 Å². The quantitative estimate of drug-likeness (QED) is 0.176. The molecule has 0 N–H and O–H groups in total. The molecular formula is C49H35NS. The lowest BCUT2D eigenvalue weighted by molar-refractivity contribution is 0.660. The van der Waals surface area contributed by atoms with E-state index in [2.05, 4.69) is 195 Å². The highest BCUT2D eigenvalue weighted by molar-refractivity contribution is 7.26. The summed E-state index contributed by atoms with van der Waals surface area (Å²) in [4.78, 5) is 2.44. The molecule has 51 heavy (non-hydrogen) atoms. The number of rotatable bonds is 5. The van der Waals surface area contributed by atoms with Gasteiger partial charge in [0, 0.05) is 42.5 Å². The third-order valence-electron chi connectivity index (χ3n) is 10.9. The first-order valence-electron chi connectivity index (χ1n) is 17.7. The number of hydrogen-bond acceptors (Lipinski definition) is 2. The number of nitrogens with zero attached hydrogens (tertiary/aromatic N) is 1. The highest BCUT2D eigenvalue weighted by Crippen LogP contribution is 2.51. The van der Waals surface area contributed by atoms with Gasteiger partial charge in [0.1, 0.15) is 0 Å². The smallest absolute Gasteiger partial charge is 0.0540 e. The maximum absolute atomic E-state index is 2.44. The lowest BCUT2D eigenvalue weighted by atomic mass is 9.82. The summed E-state index contributed by atoms with van der Waals surface area (Å²) in [5.41, 5.74) is 13.7. The van der Waals surface area contributed by atoms with Crippen LogP contribution in [0.15, 0.2) is 176 Å². The highest BCUT2D eigenvalue weighted by atomic mass is 32.1. The van der Waals surface area contributed by atoms with Crippen molar-refractivity contribution in [3.8, 4) is 33.4 Å². The molecule has 1 heterocycles. The second-order valence-corrected chi connectivity index (χ2v) is 15.2. The molecule has 2 heteroatoms. The molecule has 0 unspecified atom stereocenters. The van der Waals surface area contributed by atoms with E-state index in [0.717, 1.165) is 17.1 Å². The monoisotopic (exact) mass is 669 g/mol. The maximum atomic E-state index is 2.44. The van der Waals surface area contributed by atoms with Gasteiger partial charge in [0.2, 0.25) is 0 Å². The van der Waals surface area contributed by atoms with Gasteiger partial charge in [-0.3, -0.25) is 0 Å². The number of anilines is 3. The Balaban J connectivity index is 1.16. The first kappa shape index (κ1) is 29.9. The van der Waals surface area contributed by atoms with Crippen molar-refractivity contribution in [2.24, 2.45) is 0 Å². The van der Waals surface area contributed by atoms with E-state index in [1.807, 2.05) is 11.3 Å². The lowest BCUT2D eigenvalue weighted by Crippen LogP contribution is -2.15. The maximum Gasteiger partial charge on any atom is 0.0540 e. The van der Waals surface area contributed by atoms with Crippen LogP contribution in [0.25, 0.3) is 64.3 Å². The Bertz CT molecular complexity index is 2770. The van der Waals surface area contributed by atoms with Crippen molar-refractivity contribution in [1.29, 1.82) is 0 Å². The lowest BCUT2D eigenvalue weighted by Gasteiger charge is -2.29. The van der Waals surface area contributed by atoms with Crippen LogP contribution in [-0.4, -0.2) is 0 Å². The molecule has 1 aromatic heterocycles. The molecule has 9 aromatic rings. The van der Waals surface area contributed by atoms with Crippen molar-refractivity contribution in [1.82, 2.24) is 0 Å². The SMILES string of the molecule is CC1(C)c2ccccc2-c2cc(N(c3ccc(-c4cc5sc6ccccc6c5c5ccccc45)cc3)c3ccccc3-c3ccccc3)ccc21. The normalized spacial score (nSPS) is 13.1. The summed E-state index contributed by atoms with van der Waals surface area (Å²) in [6.45, 7) is 4.69. The summed E-state index contributed by atoms with van der Waals surface area (Å²) < 4.78 is 2.66. The largest absolute Gasteiger partial charge is 0.310 e. The average Bonchev–Trinajstić information content (AvgIpc) is 3.67. The molecule has 0 saturated carbocycles. The van der Waals surface area contributed by atoms with Gasteiger partial charge in [0.05, 0.1) is 5.69 Å². The average molecular weight is 670 g/mol. The fourth-order valence-corrected chi connectivity index (χ4v) is 9.58. The van der Waals surface area contributed by atoms with Gasteiger partial charge in [-0.2, -0.15) is 0 Å². The van der Waals surface area contributed by atoms with Crippen LogP contribution in [0.3, 0.4) is 0 Å². The molecule has 0 atom stereocenters. The summed E-state index contributed by atoms with van der Waals surface area (Å²) in [5.74, 6) is 0. The third-order valence-corrected chi connectivity index (χ3v) is 12.0. The second-order valence-electron chi connectivity index (χ2n) is 14.1. The van der Waals surface area contributed by atoms with Crippen molar-refractivity contribution in [3.63, 3.8) is 0 Å². The fraction of sp³-hybridized carbons (Fsp3) is 0.0612. The van der Waals surface area contributed by atoms with E-state index in [-0.39, 0.29) is 5.41 Å². The predicted molar refractivity (Wildman–Crippen MR) is 220 cm³/mol. The molecule has 0 amide bonds. The van der Waals surface area contributed by atoms with E-state index in [1.54, 1.807) is 0 Å². The van der Waals surface area contributed by atoms with Crippen LogP contribution in [-0.2, 0) is 5.41 Å². The van der Waals surface area contributed by atoms with Crippen molar-refractivity contribution in [2.75, 3.05) is 4.90 Å². The summed E-state index contributed by atoms with van der Waals surface area (Å²) in [6, 6.07) is 64.8. The Labute approximate surface area is 302 Å². The molecule has 0 aliphatic heterocycles. The molecule has 0 spiro atoms. The number of thiophene rings is 1. The minimum Gasteiger partial charge on any atom is -0.310 e. The Kier molecular flexibility index (Phi) is 6.78. The summed E-state index contributed by atoms with van der Waals surface area (Å²) in [7, 11) is 0. The standard InChI is InChI=1S/C49H35NS/c1-49(2)43-21-11-8-18-38(43)42-30-35(28-29-44(42)49)50(45-22-12-9-16-36(45)32-14-4-3-5-15-32)34-26-24-33(25-27-34)41-31-47-48(39-19-7-6-17-37(39)41)40-20-10-13-23-46(40)51-47/h3-31H,1-2H3. The fourth-order valence-electron chi connectivity index (χ4n) is 8.42. The van der Waals surface area contributed by atoms with Crippen LogP contribution < -0.4 is 4.90 Å². The molecule has 0 radical (unpaired) electrons. The Hall–Kier alpha value is -5.96. The summed E-state index contributed by atoms with van der Waals surface area (Å²) in [6.07, 6.45) is 0. The van der Waals surface area contributed by atoms with Gasteiger partial charge in [-0.05, 0) is 92.2 Å². The van der Waals surface area contributed by atoms with Crippen molar-refractivity contribution in [2.45, 2.75) is 19.3 Å². The first-order valence-corrected chi connectivity index (χ1v) is 18.5. The molecule has 242 valence electrons. The van der Waals surface area contributed by atoms with Crippen LogP contribution >= 0.6 is 11.3 Å². The second kappa shape index (κ2) is 11.6. The molecule has 1 nitrogen and oxygen atoms in total. The number of hydrogen-bond donors (Lipinski definition) is 0. The summed E-state index contributed by atoms with van der Waals surface area (Å²) >= 11 is 1.88. The molecule has 0 fully saturated rings. The van der Waals surface area contributed by atoms with Crippen LogP contribution in [0.1, 0.15) is 25.0 Å². The van der Waals surface area contributed by atoms with E-state index in [9.17, 15) is 0 Å². The minimum absolute atomic E-state index is 0.0445. The van der Waals surface area contributed by atoms with Crippen LogP contribution in [0.4, 0.5) is 17.1 Å². The molecule has 1 aliphatic rings. The van der Waals surface area contributed by atoms with E-state index < -0.39 is 0 Å². The van der Waals surface area contributed by atoms with Crippen molar-refractivity contribution in [3.05, 3.63) is 187 Å². The number of fused-ring (bicyclic) bond motifs is 8. The number of para-hydroxylation sites is 1. The number of benzene rings is 8. The third kappa shape index (κ3) is 4.67. The Morgan fingerprint density at radius 1 is 0.412 bits per heavy atom. The molecular weight excluding hydrogens is 635 g/mol. The van der Waals surface area contributed by atoms with Crippen molar-refractivity contribution >= 4 is 59.3 Å². The van der Waals surface area contributed by atoms with Gasteiger partial charge in [0.15, 0.2) is 0 Å². The predicted octanol–water partition coefficient (Wildman–Crippen LogP) is 14.3. The molecule has 0 saturated heterocycles. The van der Waals surface area contributed by atoms with Gasteiger partial charge < -0.3 is 4.90 Å². The minimum atomic E-state index is -0.0445. The van der Waals surface area contributed by atoms with Crippen LogP contribution in [0.5, 0.6) is 0 Å². The van der Waals surface area contributed by atoms with Crippen molar-refractivity contribution < 1.29 is 0 Å². The van der Waals surface area contributed by atoms with Crippen LogP contribution in [0, 0.1) is 0 Å². The van der Waals surface area contributed by atoms with Gasteiger partial charge in [-0.15, -0.1) is 11.3 Å². The Morgan fingerprint density at radius 3 is 1.84 bits per heavy atom. The zero-order chi connectivity index (χ0) is 34.1. The zero-order valence-corrected chi connectivity index (χ0v) is 29.4. The first-order chi connectivity index (χ1) is 25.1. The summed E-state index contributed by atoms with van der Waals surface area (Å²) in [5, 5.41) is 5.29. The molecule has 8 aromatic carbocycles. The molecule has 1 aliphatic carbocycles. The highest BCUT2D eigenvalue weighted by Gasteiger charge is 2.35. The van der Waals surface area contributed by atoms with E-state index in [1.165, 1.54) is 75.5 Å².